The molecule has 0 spiro atoms. The third-order valence-electron chi connectivity index (χ3n) is 3.45. The van der Waals surface area contributed by atoms with Gasteiger partial charge in [0.1, 0.15) is 0 Å². The minimum atomic E-state index is -2.89. The van der Waals surface area contributed by atoms with Gasteiger partial charge in [-0.1, -0.05) is 0 Å². The van der Waals surface area contributed by atoms with E-state index in [1.54, 1.807) is 0 Å². The van der Waals surface area contributed by atoms with Crippen molar-refractivity contribution in [3.63, 3.8) is 0 Å². The summed E-state index contributed by atoms with van der Waals surface area (Å²) in [7, 11) is 2.83. The summed E-state index contributed by atoms with van der Waals surface area (Å²) >= 11 is 0. The maximum Gasteiger partial charge on any atom is 0.298 e. The summed E-state index contributed by atoms with van der Waals surface area (Å²) in [6.45, 7) is 0. The van der Waals surface area contributed by atoms with Crippen molar-refractivity contribution in [2.24, 2.45) is 0 Å². The van der Waals surface area contributed by atoms with Gasteiger partial charge in [-0.2, -0.15) is 0 Å². The number of carbonyl (C=O) groups is 1. The molecule has 0 aromatic carbocycles. The average Bonchev–Trinajstić information content (AvgIpc) is 3.32. The monoisotopic (exact) mass is 324 g/mol. The fourth-order valence-corrected chi connectivity index (χ4v) is 1.99. The molecule has 0 N–H and O–H groups in total. The van der Waals surface area contributed by atoms with Crippen molar-refractivity contribution in [2.75, 3.05) is 19.1 Å². The van der Waals surface area contributed by atoms with Gasteiger partial charge >= 0.3 is 0 Å². The number of hydrogen-bond acceptors (Lipinski definition) is 6. The number of ether oxygens (including phenoxy) is 1. The van der Waals surface area contributed by atoms with Gasteiger partial charge in [-0.25, -0.2) is 23.7 Å². The number of aromatic nitrogens is 3. The molecular formula is C14H14F2N4O3. The molecule has 1 saturated carbocycles. The Labute approximate surface area is 130 Å². The van der Waals surface area contributed by atoms with Gasteiger partial charge in [0.25, 0.3) is 12.3 Å². The number of oxazole rings is 1. The zero-order valence-corrected chi connectivity index (χ0v) is 12.5. The first-order chi connectivity index (χ1) is 11.0. The zero-order chi connectivity index (χ0) is 16.6. The molecule has 2 aromatic rings. The number of amides is 1. The molecule has 23 heavy (non-hydrogen) atoms. The highest BCUT2D eigenvalue weighted by atomic mass is 19.3. The first kappa shape index (κ1) is 15.3. The normalized spacial score (nSPS) is 14.1. The van der Waals surface area contributed by atoms with Crippen LogP contribution in [0.1, 0.15) is 47.3 Å². The molecule has 2 heterocycles. The van der Waals surface area contributed by atoms with Gasteiger partial charge in [0.05, 0.1) is 19.5 Å². The molecule has 1 aliphatic carbocycles. The number of nitrogens with zero attached hydrogens (tertiary/aromatic N) is 4. The summed E-state index contributed by atoms with van der Waals surface area (Å²) in [6.07, 6.45) is 1.50. The van der Waals surface area contributed by atoms with Crippen LogP contribution in [0.5, 0.6) is 5.75 Å². The molecule has 0 atom stereocenters. The Hall–Kier alpha value is -2.58. The van der Waals surface area contributed by atoms with Gasteiger partial charge in [-0.3, -0.25) is 9.69 Å². The summed E-state index contributed by atoms with van der Waals surface area (Å²) < 4.78 is 36.4. The molecule has 122 valence electrons. The van der Waals surface area contributed by atoms with Crippen LogP contribution in [0.2, 0.25) is 0 Å². The van der Waals surface area contributed by atoms with Gasteiger partial charge in [0.2, 0.25) is 11.7 Å². The molecule has 0 aliphatic heterocycles. The summed E-state index contributed by atoms with van der Waals surface area (Å²) in [5.41, 5.74) is -0.641. The first-order valence-electron chi connectivity index (χ1n) is 6.94. The van der Waals surface area contributed by atoms with Crippen LogP contribution in [0.3, 0.4) is 0 Å². The van der Waals surface area contributed by atoms with E-state index in [4.69, 9.17) is 9.15 Å². The van der Waals surface area contributed by atoms with Crippen molar-refractivity contribution in [3.8, 4) is 5.75 Å². The van der Waals surface area contributed by atoms with Gasteiger partial charge in [-0.15, -0.1) is 0 Å². The lowest BCUT2D eigenvalue weighted by atomic mass is 10.3. The summed E-state index contributed by atoms with van der Waals surface area (Å²) in [6, 6.07) is 0. The second kappa shape index (κ2) is 5.90. The first-order valence-corrected chi connectivity index (χ1v) is 6.94. The standard InChI is InChI=1S/C14H14F2N4O3/c1-20(14-17-5-8(22-2)6-18-14)13(21)10-9(11(15)16)19-12(23-10)7-3-4-7/h5-7,11H,3-4H2,1-2H3. The number of carbonyl (C=O) groups excluding carboxylic acids is 1. The van der Waals surface area contributed by atoms with E-state index in [-0.39, 0.29) is 17.8 Å². The quantitative estimate of drug-likeness (QED) is 0.841. The molecule has 0 radical (unpaired) electrons. The van der Waals surface area contributed by atoms with Crippen molar-refractivity contribution in [3.05, 3.63) is 29.7 Å². The third kappa shape index (κ3) is 2.99. The molecule has 0 unspecified atom stereocenters. The highest BCUT2D eigenvalue weighted by Crippen LogP contribution is 2.41. The fourth-order valence-electron chi connectivity index (χ4n) is 1.99. The molecule has 0 bridgehead atoms. The Kier molecular flexibility index (Phi) is 3.93. The van der Waals surface area contributed by atoms with Crippen LogP contribution in [0.15, 0.2) is 16.8 Å². The van der Waals surface area contributed by atoms with Crippen LogP contribution in [-0.4, -0.2) is 35.0 Å². The average molecular weight is 324 g/mol. The Morgan fingerprint density at radius 3 is 2.57 bits per heavy atom. The van der Waals surface area contributed by atoms with Crippen molar-refractivity contribution >= 4 is 11.9 Å². The van der Waals surface area contributed by atoms with E-state index in [9.17, 15) is 13.6 Å². The lowest BCUT2D eigenvalue weighted by Crippen LogP contribution is -2.28. The molecule has 3 rings (SSSR count). The van der Waals surface area contributed by atoms with Gasteiger partial charge in [0.15, 0.2) is 17.3 Å². The van der Waals surface area contributed by atoms with Crippen LogP contribution in [-0.2, 0) is 0 Å². The van der Waals surface area contributed by atoms with E-state index in [1.165, 1.54) is 26.6 Å². The third-order valence-corrected chi connectivity index (χ3v) is 3.45. The van der Waals surface area contributed by atoms with E-state index in [1.807, 2.05) is 0 Å². The van der Waals surface area contributed by atoms with E-state index in [2.05, 4.69) is 15.0 Å². The number of anilines is 1. The molecule has 9 heteroatoms. The van der Waals surface area contributed by atoms with Crippen LogP contribution >= 0.6 is 0 Å². The number of hydrogen-bond donors (Lipinski definition) is 0. The Balaban J connectivity index is 1.88. The number of alkyl halides is 2. The van der Waals surface area contributed by atoms with Crippen LogP contribution in [0.4, 0.5) is 14.7 Å². The highest BCUT2D eigenvalue weighted by Gasteiger charge is 2.35. The highest BCUT2D eigenvalue weighted by molar-refractivity contribution is 6.03. The van der Waals surface area contributed by atoms with Crippen molar-refractivity contribution in [1.82, 2.24) is 15.0 Å². The predicted octanol–water partition coefficient (Wildman–Crippen LogP) is 2.56. The summed E-state index contributed by atoms with van der Waals surface area (Å²) in [5.74, 6) is -0.572. The second-order valence-corrected chi connectivity index (χ2v) is 5.13. The summed E-state index contributed by atoms with van der Waals surface area (Å²) in [4.78, 5) is 25.1. The minimum Gasteiger partial charge on any atom is -0.494 e. The topological polar surface area (TPSA) is 81.4 Å². The lowest BCUT2D eigenvalue weighted by Gasteiger charge is -2.14. The Bertz CT molecular complexity index is 713. The van der Waals surface area contributed by atoms with Crippen molar-refractivity contribution < 1.29 is 22.7 Å². The lowest BCUT2D eigenvalue weighted by molar-refractivity contribution is 0.0944. The van der Waals surface area contributed by atoms with E-state index in [0.717, 1.165) is 17.7 Å². The van der Waals surface area contributed by atoms with Crippen LogP contribution in [0.25, 0.3) is 0 Å². The number of halogens is 2. The summed E-state index contributed by atoms with van der Waals surface area (Å²) in [5, 5.41) is 0. The van der Waals surface area contributed by atoms with Crippen LogP contribution in [0, 0.1) is 0 Å². The minimum absolute atomic E-state index is 0.0246. The van der Waals surface area contributed by atoms with Gasteiger partial charge in [-0.05, 0) is 12.8 Å². The van der Waals surface area contributed by atoms with E-state index in [0.29, 0.717) is 5.75 Å². The fraction of sp³-hybridized carbons (Fsp3) is 0.429. The number of rotatable bonds is 5. The largest absolute Gasteiger partial charge is 0.494 e. The zero-order valence-electron chi connectivity index (χ0n) is 12.5. The molecular weight excluding hydrogens is 310 g/mol. The molecule has 2 aromatic heterocycles. The molecule has 1 aliphatic rings. The SMILES string of the molecule is COc1cnc(N(C)C(=O)c2oc(C3CC3)nc2C(F)F)nc1. The van der Waals surface area contributed by atoms with E-state index >= 15 is 0 Å². The molecule has 0 saturated heterocycles. The molecule has 7 nitrogen and oxygen atoms in total. The van der Waals surface area contributed by atoms with Gasteiger partial charge < -0.3 is 9.15 Å². The molecule has 1 amide bonds. The van der Waals surface area contributed by atoms with Crippen LogP contribution < -0.4 is 9.64 Å². The Morgan fingerprint density at radius 2 is 2.04 bits per heavy atom. The maximum absolute atomic E-state index is 13.1. The maximum atomic E-state index is 13.1. The Morgan fingerprint density at radius 1 is 1.39 bits per heavy atom. The van der Waals surface area contributed by atoms with Crippen molar-refractivity contribution in [2.45, 2.75) is 25.2 Å². The van der Waals surface area contributed by atoms with Crippen molar-refractivity contribution in [1.29, 1.82) is 0 Å². The smallest absolute Gasteiger partial charge is 0.298 e. The van der Waals surface area contributed by atoms with Gasteiger partial charge in [0, 0.05) is 13.0 Å². The predicted molar refractivity (Wildman–Crippen MR) is 74.8 cm³/mol. The molecule has 1 fully saturated rings. The number of methoxy groups -OCH3 is 1. The second-order valence-electron chi connectivity index (χ2n) is 5.13. The van der Waals surface area contributed by atoms with E-state index < -0.39 is 23.8 Å².